The van der Waals surface area contributed by atoms with E-state index < -0.39 is 0 Å². The number of oxazole rings is 1. The minimum absolute atomic E-state index is 0.107. The number of hydrogen-bond acceptors (Lipinski definition) is 3. The largest absolute Gasteiger partial charge is 0.444 e. The summed E-state index contributed by atoms with van der Waals surface area (Å²) in [4.78, 5) is 4.27. The molecule has 2 N–H and O–H groups in total. The van der Waals surface area contributed by atoms with Gasteiger partial charge in [0.2, 0.25) is 5.89 Å². The second-order valence-electron chi connectivity index (χ2n) is 6.80. The molecule has 1 aromatic heterocycles. The van der Waals surface area contributed by atoms with Crippen molar-refractivity contribution in [2.75, 3.05) is 0 Å². The molecule has 1 atom stereocenters. The maximum Gasteiger partial charge on any atom is 0.211 e. The highest BCUT2D eigenvalue weighted by Gasteiger charge is 2.31. The predicted molar refractivity (Wildman–Crippen MR) is 73.3 cm³/mol. The van der Waals surface area contributed by atoms with Crippen molar-refractivity contribution in [2.24, 2.45) is 17.1 Å². The summed E-state index contributed by atoms with van der Waals surface area (Å²) in [5.41, 5.74) is 6.21. The SMILES string of the molecule is CC(N)c1ncc(C2CCC(C(C)(C)C)CC2)o1. The van der Waals surface area contributed by atoms with E-state index >= 15 is 0 Å². The zero-order valence-corrected chi connectivity index (χ0v) is 12.1. The molecule has 1 aliphatic rings. The van der Waals surface area contributed by atoms with E-state index in [0.717, 1.165) is 11.7 Å². The number of hydrogen-bond donors (Lipinski definition) is 1. The molecule has 18 heavy (non-hydrogen) atoms. The zero-order valence-electron chi connectivity index (χ0n) is 12.1. The third kappa shape index (κ3) is 2.94. The number of rotatable bonds is 2. The fraction of sp³-hybridized carbons (Fsp3) is 0.800. The lowest BCUT2D eigenvalue weighted by Gasteiger charge is -2.36. The maximum absolute atomic E-state index is 5.78. The van der Waals surface area contributed by atoms with E-state index in [0.29, 0.717) is 17.2 Å². The summed E-state index contributed by atoms with van der Waals surface area (Å²) in [5.74, 6) is 3.09. The molecule has 3 heteroatoms. The third-order valence-electron chi connectivity index (χ3n) is 4.29. The molecule has 1 unspecified atom stereocenters. The predicted octanol–water partition coefficient (Wildman–Crippen LogP) is 4.01. The van der Waals surface area contributed by atoms with Gasteiger partial charge in [0.15, 0.2) is 0 Å². The van der Waals surface area contributed by atoms with Crippen LogP contribution in [0.15, 0.2) is 10.6 Å². The van der Waals surface area contributed by atoms with Crippen LogP contribution in [0.25, 0.3) is 0 Å². The maximum atomic E-state index is 5.78. The van der Waals surface area contributed by atoms with Gasteiger partial charge in [-0.3, -0.25) is 0 Å². The minimum Gasteiger partial charge on any atom is -0.444 e. The Bertz CT molecular complexity index is 381. The second-order valence-corrected chi connectivity index (χ2v) is 6.80. The highest BCUT2D eigenvalue weighted by molar-refractivity contribution is 5.05. The van der Waals surface area contributed by atoms with Gasteiger partial charge in [0.1, 0.15) is 5.76 Å². The monoisotopic (exact) mass is 250 g/mol. The molecule has 1 aromatic rings. The lowest BCUT2D eigenvalue weighted by atomic mass is 9.69. The van der Waals surface area contributed by atoms with Gasteiger partial charge in [-0.2, -0.15) is 0 Å². The highest BCUT2D eigenvalue weighted by Crippen LogP contribution is 2.43. The molecule has 1 saturated carbocycles. The van der Waals surface area contributed by atoms with Crippen LogP contribution in [0.1, 0.15) is 77.0 Å². The summed E-state index contributed by atoms with van der Waals surface area (Å²) in [7, 11) is 0. The molecule has 102 valence electrons. The van der Waals surface area contributed by atoms with Gasteiger partial charge >= 0.3 is 0 Å². The van der Waals surface area contributed by atoms with Crippen molar-refractivity contribution in [3.8, 4) is 0 Å². The van der Waals surface area contributed by atoms with Gasteiger partial charge in [0.25, 0.3) is 0 Å². The van der Waals surface area contributed by atoms with Crippen LogP contribution in [0.5, 0.6) is 0 Å². The molecule has 1 heterocycles. The van der Waals surface area contributed by atoms with Crippen LogP contribution in [0, 0.1) is 11.3 Å². The first kappa shape index (κ1) is 13.6. The minimum atomic E-state index is -0.107. The number of nitrogens with two attached hydrogens (primary N) is 1. The van der Waals surface area contributed by atoms with Gasteiger partial charge < -0.3 is 10.2 Å². The fourth-order valence-electron chi connectivity index (χ4n) is 2.94. The van der Waals surface area contributed by atoms with Crippen LogP contribution in [0.2, 0.25) is 0 Å². The van der Waals surface area contributed by atoms with E-state index in [1.54, 1.807) is 0 Å². The van der Waals surface area contributed by atoms with Gasteiger partial charge in [0, 0.05) is 5.92 Å². The summed E-state index contributed by atoms with van der Waals surface area (Å²) in [6.45, 7) is 8.95. The molecular weight excluding hydrogens is 224 g/mol. The number of nitrogens with zero attached hydrogens (tertiary/aromatic N) is 1. The Kier molecular flexibility index (Phi) is 3.81. The Morgan fingerprint density at radius 3 is 2.33 bits per heavy atom. The molecule has 1 fully saturated rings. The second kappa shape index (κ2) is 5.04. The van der Waals surface area contributed by atoms with Crippen LogP contribution in [0.4, 0.5) is 0 Å². The first-order valence-electron chi connectivity index (χ1n) is 7.09. The van der Waals surface area contributed by atoms with Crippen LogP contribution in [0.3, 0.4) is 0 Å². The van der Waals surface area contributed by atoms with Crippen molar-refractivity contribution in [2.45, 2.75) is 65.3 Å². The van der Waals surface area contributed by atoms with E-state index in [1.807, 2.05) is 13.1 Å². The lowest BCUT2D eigenvalue weighted by molar-refractivity contribution is 0.162. The molecule has 0 aliphatic heterocycles. The molecule has 0 radical (unpaired) electrons. The van der Waals surface area contributed by atoms with E-state index in [4.69, 9.17) is 10.2 Å². The van der Waals surface area contributed by atoms with Crippen molar-refractivity contribution < 1.29 is 4.42 Å². The molecule has 2 rings (SSSR count). The standard InChI is InChI=1S/C15H26N2O/c1-10(16)14-17-9-13(18-14)11-5-7-12(8-6-11)15(2,3)4/h9-12H,5-8,16H2,1-4H3. The molecule has 0 aromatic carbocycles. The summed E-state index contributed by atoms with van der Waals surface area (Å²) in [6, 6.07) is -0.107. The zero-order chi connectivity index (χ0) is 13.3. The average molecular weight is 250 g/mol. The molecule has 0 spiro atoms. The fourth-order valence-corrected chi connectivity index (χ4v) is 2.94. The van der Waals surface area contributed by atoms with Gasteiger partial charge in [-0.25, -0.2) is 4.98 Å². The van der Waals surface area contributed by atoms with E-state index in [2.05, 4.69) is 25.8 Å². The normalized spacial score (nSPS) is 27.2. The summed E-state index contributed by atoms with van der Waals surface area (Å²) in [6.07, 6.45) is 6.90. The quantitative estimate of drug-likeness (QED) is 0.862. The molecule has 3 nitrogen and oxygen atoms in total. The lowest BCUT2D eigenvalue weighted by Crippen LogP contribution is -2.25. The molecular formula is C15H26N2O. The van der Waals surface area contributed by atoms with Crippen molar-refractivity contribution in [1.29, 1.82) is 0 Å². The van der Waals surface area contributed by atoms with Gasteiger partial charge in [-0.1, -0.05) is 20.8 Å². The van der Waals surface area contributed by atoms with E-state index in [-0.39, 0.29) is 6.04 Å². The Morgan fingerprint density at radius 1 is 1.28 bits per heavy atom. The first-order chi connectivity index (χ1) is 8.38. The van der Waals surface area contributed by atoms with Crippen LogP contribution in [-0.2, 0) is 0 Å². The Balaban J connectivity index is 1.97. The third-order valence-corrected chi connectivity index (χ3v) is 4.29. The van der Waals surface area contributed by atoms with E-state index in [1.165, 1.54) is 25.7 Å². The topological polar surface area (TPSA) is 52.0 Å². The van der Waals surface area contributed by atoms with Crippen molar-refractivity contribution >= 4 is 0 Å². The smallest absolute Gasteiger partial charge is 0.211 e. The number of aromatic nitrogens is 1. The first-order valence-corrected chi connectivity index (χ1v) is 7.09. The van der Waals surface area contributed by atoms with Crippen LogP contribution in [-0.4, -0.2) is 4.98 Å². The summed E-state index contributed by atoms with van der Waals surface area (Å²) < 4.78 is 5.77. The summed E-state index contributed by atoms with van der Waals surface area (Å²) in [5, 5.41) is 0. The Hall–Kier alpha value is -0.830. The molecule has 0 saturated heterocycles. The van der Waals surface area contributed by atoms with Crippen LogP contribution < -0.4 is 5.73 Å². The molecule has 1 aliphatic carbocycles. The average Bonchev–Trinajstić information content (AvgIpc) is 2.77. The molecule has 0 bridgehead atoms. The van der Waals surface area contributed by atoms with Crippen molar-refractivity contribution in [3.05, 3.63) is 17.8 Å². The van der Waals surface area contributed by atoms with Gasteiger partial charge in [0.05, 0.1) is 12.2 Å². The van der Waals surface area contributed by atoms with Gasteiger partial charge in [-0.15, -0.1) is 0 Å². The highest BCUT2D eigenvalue weighted by atomic mass is 16.4. The van der Waals surface area contributed by atoms with Gasteiger partial charge in [-0.05, 0) is 43.9 Å². The Morgan fingerprint density at radius 2 is 1.89 bits per heavy atom. The Labute approximate surface area is 110 Å². The van der Waals surface area contributed by atoms with Crippen molar-refractivity contribution in [3.63, 3.8) is 0 Å². The van der Waals surface area contributed by atoms with Crippen LogP contribution >= 0.6 is 0 Å². The summed E-state index contributed by atoms with van der Waals surface area (Å²) >= 11 is 0. The van der Waals surface area contributed by atoms with E-state index in [9.17, 15) is 0 Å². The van der Waals surface area contributed by atoms with Crippen molar-refractivity contribution in [1.82, 2.24) is 4.98 Å². The molecule has 0 amide bonds.